The van der Waals surface area contributed by atoms with Gasteiger partial charge < -0.3 is 19.1 Å². The Labute approximate surface area is 206 Å². The molecule has 10 heteroatoms. The minimum atomic E-state index is -0.871. The molecular weight excluding hydrogens is 470 g/mol. The maximum Gasteiger partial charge on any atom is 0.410 e. The van der Waals surface area contributed by atoms with E-state index in [1.165, 1.54) is 18.3 Å². The van der Waals surface area contributed by atoms with Crippen molar-refractivity contribution in [1.82, 2.24) is 14.9 Å². The Kier molecular flexibility index (Phi) is 5.66. The molecule has 0 unspecified atom stereocenters. The van der Waals surface area contributed by atoms with Crippen molar-refractivity contribution in [3.63, 3.8) is 0 Å². The number of aromatic nitrogens is 2. The molecule has 1 aromatic heterocycles. The Morgan fingerprint density at radius 3 is 2.56 bits per heavy atom. The molecule has 5 rings (SSSR count). The summed E-state index contributed by atoms with van der Waals surface area (Å²) >= 11 is 0. The summed E-state index contributed by atoms with van der Waals surface area (Å²) in [6, 6.07) is 8.08. The average Bonchev–Trinajstić information content (AvgIpc) is 2.75. The molecule has 0 N–H and O–H groups in total. The van der Waals surface area contributed by atoms with Crippen molar-refractivity contribution in [3.8, 4) is 23.4 Å². The van der Waals surface area contributed by atoms with Gasteiger partial charge in [-0.25, -0.2) is 23.5 Å². The van der Waals surface area contributed by atoms with Crippen molar-refractivity contribution in [2.75, 3.05) is 13.1 Å². The van der Waals surface area contributed by atoms with Gasteiger partial charge in [0.1, 0.15) is 34.9 Å². The Hall–Kier alpha value is -4.00. The maximum absolute atomic E-state index is 14.2. The van der Waals surface area contributed by atoms with Gasteiger partial charge in [-0.05, 0) is 57.9 Å². The number of hydrogen-bond donors (Lipinski definition) is 0. The zero-order valence-corrected chi connectivity index (χ0v) is 20.0. The van der Waals surface area contributed by atoms with Crippen molar-refractivity contribution in [2.45, 2.75) is 45.3 Å². The highest BCUT2D eigenvalue weighted by Crippen LogP contribution is 2.49. The highest BCUT2D eigenvalue weighted by Gasteiger charge is 2.55. The first-order valence-electron chi connectivity index (χ1n) is 11.5. The van der Waals surface area contributed by atoms with E-state index >= 15 is 0 Å². The van der Waals surface area contributed by atoms with Gasteiger partial charge in [0.25, 0.3) is 0 Å². The van der Waals surface area contributed by atoms with Gasteiger partial charge in [-0.1, -0.05) is 0 Å². The van der Waals surface area contributed by atoms with E-state index in [4.69, 9.17) is 19.5 Å². The number of carbonyl (C=O) groups excluding carboxylic acids is 1. The number of ether oxygens (including phenoxy) is 3. The summed E-state index contributed by atoms with van der Waals surface area (Å²) in [5, 5.41) is 9.17. The second-order valence-electron chi connectivity index (χ2n) is 10.3. The molecule has 0 radical (unpaired) electrons. The van der Waals surface area contributed by atoms with Gasteiger partial charge in [-0.2, -0.15) is 5.26 Å². The molecule has 2 heterocycles. The lowest BCUT2D eigenvalue weighted by molar-refractivity contribution is -0.117. The third-order valence-electron chi connectivity index (χ3n) is 6.20. The second kappa shape index (κ2) is 8.59. The van der Waals surface area contributed by atoms with E-state index in [1.54, 1.807) is 17.0 Å². The Balaban J connectivity index is 1.23. The van der Waals surface area contributed by atoms with Gasteiger partial charge in [0.05, 0.1) is 17.2 Å². The van der Waals surface area contributed by atoms with Gasteiger partial charge in [0.2, 0.25) is 5.88 Å². The van der Waals surface area contributed by atoms with Crippen LogP contribution in [-0.2, 0) is 4.74 Å². The standard InChI is InChI=1S/C26H24F2N4O4/c1-25(2,3)36-24(33)32-13-26(14-32)9-16(10-26)34-22-12-30-20-7-4-15(8-21(20)31-22)35-23-17(11-29)18(27)5-6-19(23)28/h4-8,12,16H,9-10,13-14H2,1-3H3. The van der Waals surface area contributed by atoms with Crippen molar-refractivity contribution in [3.05, 3.63) is 53.7 Å². The monoisotopic (exact) mass is 494 g/mol. The van der Waals surface area contributed by atoms with Crippen LogP contribution in [0.15, 0.2) is 36.5 Å². The van der Waals surface area contributed by atoms with Crippen LogP contribution in [0.2, 0.25) is 0 Å². The topological polar surface area (TPSA) is 97.6 Å². The van der Waals surface area contributed by atoms with Crippen LogP contribution in [0.1, 0.15) is 39.2 Å². The Morgan fingerprint density at radius 2 is 1.86 bits per heavy atom. The highest BCUT2D eigenvalue weighted by molar-refractivity contribution is 5.76. The molecule has 3 aromatic rings. The van der Waals surface area contributed by atoms with Crippen LogP contribution >= 0.6 is 0 Å². The van der Waals surface area contributed by atoms with Crippen molar-refractivity contribution >= 4 is 17.1 Å². The van der Waals surface area contributed by atoms with E-state index in [2.05, 4.69) is 9.97 Å². The summed E-state index contributed by atoms with van der Waals surface area (Å²) in [4.78, 5) is 22.7. The minimum Gasteiger partial charge on any atom is -0.473 e. The van der Waals surface area contributed by atoms with Crippen molar-refractivity contribution in [1.29, 1.82) is 5.26 Å². The molecule has 0 bridgehead atoms. The summed E-state index contributed by atoms with van der Waals surface area (Å²) in [6.45, 7) is 6.82. The van der Waals surface area contributed by atoms with Crippen LogP contribution in [0.3, 0.4) is 0 Å². The zero-order chi connectivity index (χ0) is 25.7. The van der Waals surface area contributed by atoms with Gasteiger partial charge >= 0.3 is 6.09 Å². The van der Waals surface area contributed by atoms with Crippen molar-refractivity contribution in [2.24, 2.45) is 5.41 Å². The molecule has 1 spiro atoms. The third kappa shape index (κ3) is 4.61. The molecule has 0 atom stereocenters. The molecule has 186 valence electrons. The maximum atomic E-state index is 14.2. The number of halogens is 2. The number of carbonyl (C=O) groups is 1. The first-order chi connectivity index (χ1) is 17.0. The van der Waals surface area contributed by atoms with E-state index in [0.717, 1.165) is 25.0 Å². The van der Waals surface area contributed by atoms with Gasteiger partial charge in [0.15, 0.2) is 11.6 Å². The van der Waals surface area contributed by atoms with Crippen LogP contribution in [-0.4, -0.2) is 45.8 Å². The summed E-state index contributed by atoms with van der Waals surface area (Å²) in [5.41, 5.74) is 0.0219. The lowest BCUT2D eigenvalue weighted by atomic mass is 9.62. The fraction of sp³-hybridized carbons (Fsp3) is 0.385. The van der Waals surface area contributed by atoms with Gasteiger partial charge in [0, 0.05) is 24.6 Å². The predicted octanol–water partition coefficient (Wildman–Crippen LogP) is 5.35. The summed E-state index contributed by atoms with van der Waals surface area (Å²) in [6.07, 6.45) is 2.78. The van der Waals surface area contributed by atoms with Crippen LogP contribution in [0.4, 0.5) is 13.6 Å². The van der Waals surface area contributed by atoms with Gasteiger partial charge in [-0.15, -0.1) is 0 Å². The van der Waals surface area contributed by atoms with Crippen LogP contribution < -0.4 is 9.47 Å². The van der Waals surface area contributed by atoms with E-state index in [1.807, 2.05) is 20.8 Å². The largest absolute Gasteiger partial charge is 0.473 e. The number of fused-ring (bicyclic) bond motifs is 1. The molecule has 8 nitrogen and oxygen atoms in total. The third-order valence-corrected chi connectivity index (χ3v) is 6.20. The molecule has 2 fully saturated rings. The molecule has 1 amide bonds. The normalized spacial score (nSPS) is 16.7. The number of rotatable bonds is 4. The van der Waals surface area contributed by atoms with Crippen LogP contribution in [0.5, 0.6) is 17.4 Å². The summed E-state index contributed by atoms with van der Waals surface area (Å²) in [5.74, 6) is -1.70. The number of nitriles is 1. The molecule has 36 heavy (non-hydrogen) atoms. The fourth-order valence-electron chi connectivity index (χ4n) is 4.59. The smallest absolute Gasteiger partial charge is 0.410 e. The number of nitrogens with zero attached hydrogens (tertiary/aromatic N) is 4. The van der Waals surface area contributed by atoms with Gasteiger partial charge in [-0.3, -0.25) is 0 Å². The summed E-state index contributed by atoms with van der Waals surface area (Å²) in [7, 11) is 0. The number of amides is 1. The zero-order valence-electron chi connectivity index (χ0n) is 20.0. The quantitative estimate of drug-likeness (QED) is 0.482. The highest BCUT2D eigenvalue weighted by atomic mass is 19.1. The molecule has 1 saturated carbocycles. The summed E-state index contributed by atoms with van der Waals surface area (Å²) < 4.78 is 45.0. The molecular formula is C26H24F2N4O4. The molecule has 1 aliphatic heterocycles. The SMILES string of the molecule is CC(C)(C)OC(=O)N1CC2(CC(Oc3cnc4ccc(Oc5c(F)ccc(F)c5C#N)cc4n3)C2)C1. The first kappa shape index (κ1) is 23.7. The van der Waals surface area contributed by atoms with E-state index < -0.39 is 28.5 Å². The molecule has 2 aliphatic rings. The van der Waals surface area contributed by atoms with E-state index in [0.29, 0.717) is 30.0 Å². The number of hydrogen-bond acceptors (Lipinski definition) is 7. The molecule has 1 saturated heterocycles. The number of likely N-dealkylation sites (tertiary alicyclic amines) is 1. The van der Waals surface area contributed by atoms with Crippen LogP contribution in [0.25, 0.3) is 11.0 Å². The lowest BCUT2D eigenvalue weighted by Crippen LogP contribution is -2.66. The molecule has 1 aliphatic carbocycles. The first-order valence-corrected chi connectivity index (χ1v) is 11.5. The van der Waals surface area contributed by atoms with Crippen LogP contribution in [0, 0.1) is 28.4 Å². The van der Waals surface area contributed by atoms with Crippen molar-refractivity contribution < 1.29 is 27.8 Å². The second-order valence-corrected chi connectivity index (χ2v) is 10.3. The minimum absolute atomic E-state index is 0.0449. The Bertz CT molecular complexity index is 1390. The average molecular weight is 494 g/mol. The fourth-order valence-corrected chi connectivity index (χ4v) is 4.59. The van der Waals surface area contributed by atoms with E-state index in [9.17, 15) is 13.6 Å². The molecule has 2 aromatic carbocycles. The Morgan fingerprint density at radius 1 is 1.14 bits per heavy atom. The number of benzene rings is 2. The lowest BCUT2D eigenvalue weighted by Gasteiger charge is -2.57. The van der Waals surface area contributed by atoms with E-state index in [-0.39, 0.29) is 23.4 Å². The predicted molar refractivity (Wildman–Crippen MR) is 125 cm³/mol.